The Kier molecular flexibility index (Phi) is 4.18. The van der Waals surface area contributed by atoms with Crippen molar-refractivity contribution in [2.45, 2.75) is 11.5 Å². The fraction of sp³-hybridized carbons (Fsp3) is 0.111. The van der Waals surface area contributed by atoms with Crippen molar-refractivity contribution in [2.24, 2.45) is 0 Å². The SMILES string of the molecule is Nc1nc(COC(=O)c2ccc3c(c2)NC(=O)CS3)nc2ccccc12. The van der Waals surface area contributed by atoms with Crippen LogP contribution in [-0.2, 0) is 16.1 Å². The molecular formula is C18H14N4O3S. The Labute approximate surface area is 153 Å². The summed E-state index contributed by atoms with van der Waals surface area (Å²) in [7, 11) is 0. The lowest BCUT2D eigenvalue weighted by molar-refractivity contribution is -0.113. The summed E-state index contributed by atoms with van der Waals surface area (Å²) in [6.45, 7) is -0.0912. The number of hydrogen-bond donors (Lipinski definition) is 2. The molecule has 1 amide bonds. The summed E-state index contributed by atoms with van der Waals surface area (Å²) in [6, 6.07) is 12.4. The first-order chi connectivity index (χ1) is 12.6. The monoisotopic (exact) mass is 366 g/mol. The number of nitrogens with zero attached hydrogens (tertiary/aromatic N) is 2. The minimum atomic E-state index is -0.520. The van der Waals surface area contributed by atoms with E-state index in [4.69, 9.17) is 10.5 Å². The number of thioether (sulfide) groups is 1. The van der Waals surface area contributed by atoms with Gasteiger partial charge < -0.3 is 15.8 Å². The molecule has 1 aliphatic heterocycles. The molecule has 2 aromatic carbocycles. The summed E-state index contributed by atoms with van der Waals surface area (Å²) < 4.78 is 5.30. The van der Waals surface area contributed by atoms with Crippen molar-refractivity contribution in [3.8, 4) is 0 Å². The van der Waals surface area contributed by atoms with E-state index in [1.54, 1.807) is 18.2 Å². The van der Waals surface area contributed by atoms with Crippen LogP contribution in [0.3, 0.4) is 0 Å². The number of anilines is 2. The van der Waals surface area contributed by atoms with E-state index in [1.807, 2.05) is 24.3 Å². The third-order valence-electron chi connectivity index (χ3n) is 3.86. The highest BCUT2D eigenvalue weighted by atomic mass is 32.2. The van der Waals surface area contributed by atoms with Crippen LogP contribution < -0.4 is 11.1 Å². The second-order valence-corrected chi connectivity index (χ2v) is 6.68. The molecule has 0 radical (unpaired) electrons. The largest absolute Gasteiger partial charge is 0.454 e. The average molecular weight is 366 g/mol. The number of hydrogen-bond acceptors (Lipinski definition) is 7. The van der Waals surface area contributed by atoms with Crippen molar-refractivity contribution in [3.63, 3.8) is 0 Å². The topological polar surface area (TPSA) is 107 Å². The number of benzene rings is 2. The molecule has 4 rings (SSSR count). The summed E-state index contributed by atoms with van der Waals surface area (Å²) in [5.41, 5.74) is 7.59. The molecule has 3 N–H and O–H groups in total. The van der Waals surface area contributed by atoms with E-state index in [0.717, 1.165) is 10.3 Å². The van der Waals surface area contributed by atoms with Gasteiger partial charge in [0.2, 0.25) is 5.91 Å². The Morgan fingerprint density at radius 3 is 2.96 bits per heavy atom. The summed E-state index contributed by atoms with van der Waals surface area (Å²) in [5.74, 6) is 0.435. The molecule has 0 saturated heterocycles. The Morgan fingerprint density at radius 1 is 1.23 bits per heavy atom. The molecule has 0 bridgehead atoms. The zero-order valence-electron chi connectivity index (χ0n) is 13.6. The zero-order chi connectivity index (χ0) is 18.1. The van der Waals surface area contributed by atoms with E-state index < -0.39 is 5.97 Å². The highest BCUT2D eigenvalue weighted by molar-refractivity contribution is 8.00. The van der Waals surface area contributed by atoms with Gasteiger partial charge >= 0.3 is 5.97 Å². The second-order valence-electron chi connectivity index (χ2n) is 5.67. The number of amides is 1. The van der Waals surface area contributed by atoms with Crippen molar-refractivity contribution in [1.82, 2.24) is 9.97 Å². The number of ether oxygens (including phenoxy) is 1. The number of rotatable bonds is 3. The first-order valence-corrected chi connectivity index (χ1v) is 8.84. The van der Waals surface area contributed by atoms with E-state index >= 15 is 0 Å². The van der Waals surface area contributed by atoms with Gasteiger partial charge in [0, 0.05) is 10.3 Å². The zero-order valence-corrected chi connectivity index (χ0v) is 14.4. The van der Waals surface area contributed by atoms with Gasteiger partial charge in [-0.3, -0.25) is 4.79 Å². The molecule has 0 fully saturated rings. The number of carbonyl (C=O) groups excluding carboxylic acids is 2. The van der Waals surface area contributed by atoms with Gasteiger partial charge in [0.25, 0.3) is 0 Å². The van der Waals surface area contributed by atoms with Crippen LogP contribution in [0, 0.1) is 0 Å². The standard InChI is InChI=1S/C18H14N4O3S/c19-17-11-3-1-2-4-12(11)20-15(22-17)8-25-18(24)10-5-6-14-13(7-10)21-16(23)9-26-14/h1-7H,8-9H2,(H,21,23)(H2,19,20,22). The van der Waals surface area contributed by atoms with Crippen LogP contribution in [0.25, 0.3) is 10.9 Å². The second kappa shape index (κ2) is 6.64. The normalized spacial score (nSPS) is 13.2. The minimum absolute atomic E-state index is 0.0898. The summed E-state index contributed by atoms with van der Waals surface area (Å²) in [6.07, 6.45) is 0. The Morgan fingerprint density at radius 2 is 2.08 bits per heavy atom. The molecule has 0 saturated carbocycles. The highest BCUT2D eigenvalue weighted by Crippen LogP contribution is 2.32. The van der Waals surface area contributed by atoms with Crippen LogP contribution in [0.2, 0.25) is 0 Å². The number of nitrogens with two attached hydrogens (primary N) is 1. The van der Waals surface area contributed by atoms with Crippen LogP contribution in [0.4, 0.5) is 11.5 Å². The molecule has 7 nitrogen and oxygen atoms in total. The molecule has 1 aromatic heterocycles. The Hall–Kier alpha value is -3.13. The summed E-state index contributed by atoms with van der Waals surface area (Å²) >= 11 is 1.43. The van der Waals surface area contributed by atoms with Gasteiger partial charge in [0.05, 0.1) is 22.5 Å². The molecule has 130 valence electrons. The lowest BCUT2D eigenvalue weighted by atomic mass is 10.2. The highest BCUT2D eigenvalue weighted by Gasteiger charge is 2.18. The number of nitrogens with one attached hydrogen (secondary N) is 1. The number of aromatic nitrogens is 2. The van der Waals surface area contributed by atoms with Crippen molar-refractivity contribution >= 4 is 46.0 Å². The molecular weight excluding hydrogens is 352 g/mol. The maximum atomic E-state index is 12.3. The lowest BCUT2D eigenvalue weighted by Crippen LogP contribution is -2.19. The maximum Gasteiger partial charge on any atom is 0.338 e. The number of nitrogen functional groups attached to an aromatic ring is 1. The minimum Gasteiger partial charge on any atom is -0.454 e. The van der Waals surface area contributed by atoms with E-state index in [-0.39, 0.29) is 12.5 Å². The molecule has 1 aliphatic rings. The fourth-order valence-corrected chi connectivity index (χ4v) is 3.43. The van der Waals surface area contributed by atoms with Crippen LogP contribution in [0.1, 0.15) is 16.2 Å². The first-order valence-electron chi connectivity index (χ1n) is 7.85. The summed E-state index contributed by atoms with van der Waals surface area (Å²) in [4.78, 5) is 33.2. The van der Waals surface area contributed by atoms with Crippen molar-refractivity contribution in [3.05, 3.63) is 53.9 Å². The van der Waals surface area contributed by atoms with E-state index in [9.17, 15) is 9.59 Å². The van der Waals surface area contributed by atoms with E-state index in [1.165, 1.54) is 11.8 Å². The predicted molar refractivity (Wildman–Crippen MR) is 98.9 cm³/mol. The Balaban J connectivity index is 1.51. The van der Waals surface area contributed by atoms with Gasteiger partial charge in [-0.05, 0) is 30.3 Å². The van der Waals surface area contributed by atoms with Crippen molar-refractivity contribution < 1.29 is 14.3 Å². The van der Waals surface area contributed by atoms with Crippen LogP contribution in [-0.4, -0.2) is 27.6 Å². The number of fused-ring (bicyclic) bond motifs is 2. The van der Waals surface area contributed by atoms with Gasteiger partial charge in [0.15, 0.2) is 12.4 Å². The first kappa shape index (κ1) is 16.3. The quantitative estimate of drug-likeness (QED) is 0.686. The van der Waals surface area contributed by atoms with Gasteiger partial charge in [-0.25, -0.2) is 14.8 Å². The average Bonchev–Trinajstić information content (AvgIpc) is 2.65. The lowest BCUT2D eigenvalue weighted by Gasteiger charge is -2.16. The van der Waals surface area contributed by atoms with Gasteiger partial charge in [-0.2, -0.15) is 0 Å². The molecule has 0 spiro atoms. The number of para-hydroxylation sites is 1. The molecule has 8 heteroatoms. The van der Waals surface area contributed by atoms with Crippen LogP contribution in [0.15, 0.2) is 47.4 Å². The number of esters is 1. The van der Waals surface area contributed by atoms with Crippen LogP contribution in [0.5, 0.6) is 0 Å². The third kappa shape index (κ3) is 3.18. The van der Waals surface area contributed by atoms with Gasteiger partial charge in [0.1, 0.15) is 5.82 Å². The fourth-order valence-electron chi connectivity index (χ4n) is 2.64. The molecule has 3 aromatic rings. The van der Waals surface area contributed by atoms with Crippen LogP contribution >= 0.6 is 11.8 Å². The molecule has 0 aliphatic carbocycles. The van der Waals surface area contributed by atoms with E-state index in [0.29, 0.717) is 34.2 Å². The number of carbonyl (C=O) groups is 2. The third-order valence-corrected chi connectivity index (χ3v) is 4.93. The molecule has 26 heavy (non-hydrogen) atoms. The van der Waals surface area contributed by atoms with Crippen molar-refractivity contribution in [2.75, 3.05) is 16.8 Å². The smallest absolute Gasteiger partial charge is 0.338 e. The van der Waals surface area contributed by atoms with Gasteiger partial charge in [-0.1, -0.05) is 12.1 Å². The maximum absolute atomic E-state index is 12.3. The molecule has 0 unspecified atom stereocenters. The Bertz CT molecular complexity index is 1040. The predicted octanol–water partition coefficient (Wildman–Crippen LogP) is 2.61. The summed E-state index contributed by atoms with van der Waals surface area (Å²) in [5, 5.41) is 3.50. The van der Waals surface area contributed by atoms with Gasteiger partial charge in [-0.15, -0.1) is 11.8 Å². The van der Waals surface area contributed by atoms with E-state index in [2.05, 4.69) is 15.3 Å². The van der Waals surface area contributed by atoms with Crippen molar-refractivity contribution in [1.29, 1.82) is 0 Å². The molecule has 2 heterocycles. The molecule has 0 atom stereocenters.